The van der Waals surface area contributed by atoms with Crippen molar-refractivity contribution in [2.75, 3.05) is 21.1 Å². The zero-order valence-corrected chi connectivity index (χ0v) is 14.3. The molecule has 1 atom stereocenters. The summed E-state index contributed by atoms with van der Waals surface area (Å²) in [5.41, 5.74) is 5.44. The van der Waals surface area contributed by atoms with E-state index in [4.69, 9.17) is 0 Å². The lowest BCUT2D eigenvalue weighted by atomic mass is 9.97. The zero-order chi connectivity index (χ0) is 15.9. The third-order valence-corrected chi connectivity index (χ3v) is 4.13. The summed E-state index contributed by atoms with van der Waals surface area (Å²) in [6.07, 6.45) is 2.30. The zero-order valence-electron chi connectivity index (χ0n) is 14.3. The topological polar surface area (TPSA) is 15.3 Å². The molecule has 0 aliphatic rings. The minimum atomic E-state index is 0.570. The summed E-state index contributed by atoms with van der Waals surface area (Å²) >= 11 is 0. The molecule has 2 rings (SSSR count). The molecule has 0 saturated heterocycles. The molecule has 0 saturated carbocycles. The van der Waals surface area contributed by atoms with E-state index in [0.29, 0.717) is 6.04 Å². The first-order valence-corrected chi connectivity index (χ1v) is 8.09. The highest BCUT2D eigenvalue weighted by atomic mass is 15.0. The van der Waals surface area contributed by atoms with Crippen molar-refractivity contribution in [1.29, 1.82) is 0 Å². The van der Waals surface area contributed by atoms with Crippen molar-refractivity contribution < 1.29 is 0 Å². The number of nitrogens with one attached hydrogen (secondary N) is 1. The first kappa shape index (κ1) is 16.7. The standard InChI is InChI=1S/C20H28N2/c1-16(21-2)9-10-17-11-13-18(14-12-17)20-8-6-5-7-19(20)15-22(3)4/h5-8,11-14,16,21H,9-10,15H2,1-4H3. The minimum absolute atomic E-state index is 0.570. The van der Waals surface area contributed by atoms with Gasteiger partial charge in [0.2, 0.25) is 0 Å². The molecule has 2 nitrogen and oxygen atoms in total. The van der Waals surface area contributed by atoms with E-state index in [2.05, 4.69) is 79.8 Å². The molecular weight excluding hydrogens is 268 g/mol. The lowest BCUT2D eigenvalue weighted by molar-refractivity contribution is 0.403. The number of benzene rings is 2. The van der Waals surface area contributed by atoms with Gasteiger partial charge in [-0.15, -0.1) is 0 Å². The van der Waals surface area contributed by atoms with E-state index in [0.717, 1.165) is 13.0 Å². The fourth-order valence-corrected chi connectivity index (χ4v) is 2.66. The third-order valence-electron chi connectivity index (χ3n) is 4.13. The second-order valence-electron chi connectivity index (χ2n) is 6.32. The Kier molecular flexibility index (Phi) is 6.17. The van der Waals surface area contributed by atoms with Crippen LogP contribution in [0, 0.1) is 0 Å². The lowest BCUT2D eigenvalue weighted by Crippen LogP contribution is -2.21. The normalized spacial score (nSPS) is 12.6. The molecule has 0 bridgehead atoms. The number of hydrogen-bond donors (Lipinski definition) is 1. The minimum Gasteiger partial charge on any atom is -0.317 e. The Morgan fingerprint density at radius 2 is 1.68 bits per heavy atom. The van der Waals surface area contributed by atoms with Gasteiger partial charge in [0.05, 0.1) is 0 Å². The summed E-state index contributed by atoms with van der Waals surface area (Å²) in [5, 5.41) is 3.29. The summed E-state index contributed by atoms with van der Waals surface area (Å²) in [4.78, 5) is 2.21. The monoisotopic (exact) mass is 296 g/mol. The molecule has 0 aliphatic heterocycles. The van der Waals surface area contributed by atoms with E-state index in [1.807, 2.05) is 7.05 Å². The molecule has 118 valence electrons. The summed E-state index contributed by atoms with van der Waals surface area (Å²) in [7, 11) is 6.25. The maximum absolute atomic E-state index is 3.29. The van der Waals surface area contributed by atoms with Crippen LogP contribution in [0.2, 0.25) is 0 Å². The molecule has 1 unspecified atom stereocenters. The predicted molar refractivity (Wildman–Crippen MR) is 96.1 cm³/mol. The van der Waals surface area contributed by atoms with Crippen molar-refractivity contribution in [2.24, 2.45) is 0 Å². The smallest absolute Gasteiger partial charge is 0.0233 e. The van der Waals surface area contributed by atoms with Gasteiger partial charge in [-0.25, -0.2) is 0 Å². The van der Waals surface area contributed by atoms with Crippen molar-refractivity contribution in [3.63, 3.8) is 0 Å². The fourth-order valence-electron chi connectivity index (χ4n) is 2.66. The van der Waals surface area contributed by atoms with Crippen molar-refractivity contribution in [1.82, 2.24) is 10.2 Å². The third kappa shape index (κ3) is 4.69. The Balaban J connectivity index is 2.13. The highest BCUT2D eigenvalue weighted by molar-refractivity contribution is 5.67. The summed E-state index contributed by atoms with van der Waals surface area (Å²) in [5.74, 6) is 0. The molecule has 2 heteroatoms. The first-order chi connectivity index (χ1) is 10.6. The highest BCUT2D eigenvalue weighted by Crippen LogP contribution is 2.25. The van der Waals surface area contributed by atoms with Gasteiger partial charge in [0.25, 0.3) is 0 Å². The van der Waals surface area contributed by atoms with E-state index < -0.39 is 0 Å². The van der Waals surface area contributed by atoms with Gasteiger partial charge in [0.15, 0.2) is 0 Å². The number of hydrogen-bond acceptors (Lipinski definition) is 2. The average Bonchev–Trinajstić information content (AvgIpc) is 2.53. The molecule has 0 radical (unpaired) electrons. The molecule has 0 amide bonds. The van der Waals surface area contributed by atoms with Crippen LogP contribution < -0.4 is 5.32 Å². The molecule has 0 fully saturated rings. The molecule has 0 spiro atoms. The summed E-state index contributed by atoms with van der Waals surface area (Å²) in [6, 6.07) is 18.3. The summed E-state index contributed by atoms with van der Waals surface area (Å²) in [6.45, 7) is 3.20. The lowest BCUT2D eigenvalue weighted by Gasteiger charge is -2.15. The SMILES string of the molecule is CNC(C)CCc1ccc(-c2ccccc2CN(C)C)cc1. The molecule has 0 aliphatic carbocycles. The van der Waals surface area contributed by atoms with Crippen LogP contribution in [-0.2, 0) is 13.0 Å². The van der Waals surface area contributed by atoms with E-state index in [1.165, 1.54) is 28.7 Å². The van der Waals surface area contributed by atoms with Gasteiger partial charge in [-0.1, -0.05) is 48.5 Å². The molecule has 22 heavy (non-hydrogen) atoms. The fraction of sp³-hybridized carbons (Fsp3) is 0.400. The molecular formula is C20H28N2. The second-order valence-corrected chi connectivity index (χ2v) is 6.32. The Morgan fingerprint density at radius 1 is 1.00 bits per heavy atom. The van der Waals surface area contributed by atoms with Gasteiger partial charge in [-0.2, -0.15) is 0 Å². The quantitative estimate of drug-likeness (QED) is 0.832. The second kappa shape index (κ2) is 8.11. The molecule has 0 heterocycles. The van der Waals surface area contributed by atoms with Crippen molar-refractivity contribution in [2.45, 2.75) is 32.4 Å². The number of aryl methyl sites for hydroxylation is 1. The molecule has 1 N–H and O–H groups in total. The van der Waals surface area contributed by atoms with Crippen molar-refractivity contribution >= 4 is 0 Å². The van der Waals surface area contributed by atoms with Crippen LogP contribution in [0.25, 0.3) is 11.1 Å². The number of rotatable bonds is 7. The van der Waals surface area contributed by atoms with Crippen molar-refractivity contribution in [3.05, 3.63) is 59.7 Å². The van der Waals surface area contributed by atoms with Gasteiger partial charge in [0, 0.05) is 12.6 Å². The van der Waals surface area contributed by atoms with Crippen LogP contribution in [0.3, 0.4) is 0 Å². The van der Waals surface area contributed by atoms with E-state index in [1.54, 1.807) is 0 Å². The maximum atomic E-state index is 3.29. The van der Waals surface area contributed by atoms with Crippen LogP contribution in [0.15, 0.2) is 48.5 Å². The summed E-state index contributed by atoms with van der Waals surface area (Å²) < 4.78 is 0. The van der Waals surface area contributed by atoms with E-state index in [-0.39, 0.29) is 0 Å². The van der Waals surface area contributed by atoms with Crippen molar-refractivity contribution in [3.8, 4) is 11.1 Å². The van der Waals surface area contributed by atoms with E-state index in [9.17, 15) is 0 Å². The molecule has 2 aromatic carbocycles. The maximum Gasteiger partial charge on any atom is 0.0233 e. The first-order valence-electron chi connectivity index (χ1n) is 8.09. The van der Waals surface area contributed by atoms with Gasteiger partial charge >= 0.3 is 0 Å². The Labute approximate surface area is 135 Å². The predicted octanol–water partition coefficient (Wildman–Crippen LogP) is 3.96. The Bertz CT molecular complexity index is 573. The van der Waals surface area contributed by atoms with Gasteiger partial charge in [0.1, 0.15) is 0 Å². The van der Waals surface area contributed by atoms with Gasteiger partial charge < -0.3 is 10.2 Å². The molecule has 2 aromatic rings. The Hall–Kier alpha value is -1.64. The largest absolute Gasteiger partial charge is 0.317 e. The van der Waals surface area contributed by atoms with Gasteiger partial charge in [-0.05, 0) is 63.2 Å². The highest BCUT2D eigenvalue weighted by Gasteiger charge is 2.06. The van der Waals surface area contributed by atoms with Crippen LogP contribution in [0.4, 0.5) is 0 Å². The van der Waals surface area contributed by atoms with Gasteiger partial charge in [-0.3, -0.25) is 0 Å². The van der Waals surface area contributed by atoms with Crippen LogP contribution in [0.1, 0.15) is 24.5 Å². The van der Waals surface area contributed by atoms with E-state index >= 15 is 0 Å². The van der Waals surface area contributed by atoms with Crippen LogP contribution in [0.5, 0.6) is 0 Å². The average molecular weight is 296 g/mol. The Morgan fingerprint density at radius 3 is 2.32 bits per heavy atom. The number of nitrogens with zero attached hydrogens (tertiary/aromatic N) is 1. The molecule has 0 aromatic heterocycles. The van der Waals surface area contributed by atoms with Crippen LogP contribution in [-0.4, -0.2) is 32.1 Å². The van der Waals surface area contributed by atoms with Crippen LogP contribution >= 0.6 is 0 Å².